The van der Waals surface area contributed by atoms with Crippen molar-refractivity contribution in [2.75, 3.05) is 10.7 Å². The molecule has 0 saturated carbocycles. The molecule has 2 rings (SSSR count). The van der Waals surface area contributed by atoms with Crippen molar-refractivity contribution in [2.45, 2.75) is 19.9 Å². The van der Waals surface area contributed by atoms with E-state index in [1.165, 1.54) is 12.1 Å². The molecule has 0 aliphatic rings. The van der Waals surface area contributed by atoms with Crippen LogP contribution in [0.2, 0.25) is 0 Å². The standard InChI is InChI=1S/C13H16FN5/c1-8-6-12(18-13(16-8)19-15)17-9(2)10-4-3-5-11(14)7-10/h3-7,9H,15H2,1-2H3,(H2,16,17,18,19). The summed E-state index contributed by atoms with van der Waals surface area (Å²) in [5, 5.41) is 3.19. The molecule has 0 spiro atoms. The summed E-state index contributed by atoms with van der Waals surface area (Å²) in [6.45, 7) is 3.78. The van der Waals surface area contributed by atoms with Gasteiger partial charge in [-0.3, -0.25) is 5.43 Å². The number of nitrogens with two attached hydrogens (primary N) is 1. The number of hydrogen-bond acceptors (Lipinski definition) is 5. The molecule has 2 aromatic rings. The van der Waals surface area contributed by atoms with Crippen LogP contribution in [0, 0.1) is 12.7 Å². The summed E-state index contributed by atoms with van der Waals surface area (Å²) in [4.78, 5) is 8.29. The molecule has 5 nitrogen and oxygen atoms in total. The minimum Gasteiger partial charge on any atom is -0.363 e. The smallest absolute Gasteiger partial charge is 0.239 e. The van der Waals surface area contributed by atoms with Crippen LogP contribution in [0.25, 0.3) is 0 Å². The Hall–Kier alpha value is -2.21. The summed E-state index contributed by atoms with van der Waals surface area (Å²) in [6.07, 6.45) is 0. The molecular weight excluding hydrogens is 245 g/mol. The largest absolute Gasteiger partial charge is 0.363 e. The highest BCUT2D eigenvalue weighted by Crippen LogP contribution is 2.19. The SMILES string of the molecule is Cc1cc(NC(C)c2cccc(F)c2)nc(NN)n1. The lowest BCUT2D eigenvalue weighted by molar-refractivity contribution is 0.623. The lowest BCUT2D eigenvalue weighted by Crippen LogP contribution is -2.14. The van der Waals surface area contributed by atoms with Crippen molar-refractivity contribution < 1.29 is 4.39 Å². The van der Waals surface area contributed by atoms with E-state index in [0.717, 1.165) is 11.3 Å². The van der Waals surface area contributed by atoms with Crippen molar-refractivity contribution in [1.82, 2.24) is 9.97 Å². The molecule has 1 heterocycles. The van der Waals surface area contributed by atoms with E-state index in [-0.39, 0.29) is 11.9 Å². The van der Waals surface area contributed by atoms with Gasteiger partial charge in [-0.2, -0.15) is 4.98 Å². The molecule has 6 heteroatoms. The highest BCUT2D eigenvalue weighted by Gasteiger charge is 2.08. The minimum absolute atomic E-state index is 0.0735. The third-order valence-electron chi connectivity index (χ3n) is 2.70. The fourth-order valence-corrected chi connectivity index (χ4v) is 1.79. The van der Waals surface area contributed by atoms with Crippen molar-refractivity contribution in [3.8, 4) is 0 Å². The second-order valence-corrected chi connectivity index (χ2v) is 4.28. The summed E-state index contributed by atoms with van der Waals surface area (Å²) in [7, 11) is 0. The molecule has 1 aromatic carbocycles. The van der Waals surface area contributed by atoms with E-state index >= 15 is 0 Å². The first-order valence-corrected chi connectivity index (χ1v) is 5.93. The van der Waals surface area contributed by atoms with Crippen molar-refractivity contribution in [1.29, 1.82) is 0 Å². The van der Waals surface area contributed by atoms with Crippen LogP contribution in [-0.2, 0) is 0 Å². The number of rotatable bonds is 4. The van der Waals surface area contributed by atoms with Gasteiger partial charge in [0.1, 0.15) is 11.6 Å². The fourth-order valence-electron chi connectivity index (χ4n) is 1.79. The van der Waals surface area contributed by atoms with Gasteiger partial charge >= 0.3 is 0 Å². The van der Waals surface area contributed by atoms with Crippen LogP contribution in [-0.4, -0.2) is 9.97 Å². The normalized spacial score (nSPS) is 12.0. The van der Waals surface area contributed by atoms with Gasteiger partial charge in [0.25, 0.3) is 0 Å². The molecule has 0 fully saturated rings. The van der Waals surface area contributed by atoms with Crippen LogP contribution in [0.3, 0.4) is 0 Å². The lowest BCUT2D eigenvalue weighted by Gasteiger charge is -2.15. The maximum atomic E-state index is 13.2. The first kappa shape index (κ1) is 13.2. The zero-order valence-corrected chi connectivity index (χ0v) is 10.8. The molecule has 0 aliphatic carbocycles. The van der Waals surface area contributed by atoms with E-state index < -0.39 is 0 Å². The van der Waals surface area contributed by atoms with E-state index in [4.69, 9.17) is 5.84 Å². The molecule has 100 valence electrons. The van der Waals surface area contributed by atoms with Gasteiger partial charge in [-0.25, -0.2) is 15.2 Å². The molecule has 0 amide bonds. The van der Waals surface area contributed by atoms with Crippen molar-refractivity contribution in [2.24, 2.45) is 5.84 Å². The number of aromatic nitrogens is 2. The molecule has 0 radical (unpaired) electrons. The number of nitrogens with zero attached hydrogens (tertiary/aromatic N) is 2. The van der Waals surface area contributed by atoms with Gasteiger partial charge in [0, 0.05) is 11.8 Å². The molecule has 1 aromatic heterocycles. The summed E-state index contributed by atoms with van der Waals surface area (Å²) in [5.41, 5.74) is 4.04. The van der Waals surface area contributed by atoms with Gasteiger partial charge < -0.3 is 5.32 Å². The first-order chi connectivity index (χ1) is 9.08. The maximum absolute atomic E-state index is 13.2. The molecule has 0 bridgehead atoms. The zero-order chi connectivity index (χ0) is 13.8. The highest BCUT2D eigenvalue weighted by atomic mass is 19.1. The summed E-state index contributed by atoms with van der Waals surface area (Å²) in [5.74, 6) is 6.02. The number of benzene rings is 1. The number of aryl methyl sites for hydroxylation is 1. The second kappa shape index (κ2) is 5.62. The Kier molecular flexibility index (Phi) is 3.91. The topological polar surface area (TPSA) is 75.9 Å². The Morgan fingerprint density at radius 3 is 2.74 bits per heavy atom. The Labute approximate surface area is 111 Å². The minimum atomic E-state index is -0.255. The Bertz CT molecular complexity index is 573. The third kappa shape index (κ3) is 3.38. The monoisotopic (exact) mass is 261 g/mol. The Morgan fingerprint density at radius 1 is 1.26 bits per heavy atom. The number of hydrazine groups is 1. The van der Waals surface area contributed by atoms with E-state index in [0.29, 0.717) is 11.8 Å². The number of hydrogen-bond donors (Lipinski definition) is 3. The van der Waals surface area contributed by atoms with Gasteiger partial charge in [-0.1, -0.05) is 12.1 Å². The molecule has 4 N–H and O–H groups in total. The van der Waals surface area contributed by atoms with Crippen LogP contribution in [0.15, 0.2) is 30.3 Å². The number of halogens is 1. The second-order valence-electron chi connectivity index (χ2n) is 4.28. The van der Waals surface area contributed by atoms with E-state index in [2.05, 4.69) is 20.7 Å². The van der Waals surface area contributed by atoms with E-state index in [1.807, 2.05) is 19.9 Å². The van der Waals surface area contributed by atoms with Crippen molar-refractivity contribution >= 4 is 11.8 Å². The fraction of sp³-hybridized carbons (Fsp3) is 0.231. The molecule has 1 atom stereocenters. The van der Waals surface area contributed by atoms with Gasteiger partial charge in [0.2, 0.25) is 5.95 Å². The third-order valence-corrected chi connectivity index (χ3v) is 2.70. The van der Waals surface area contributed by atoms with Crippen molar-refractivity contribution in [3.63, 3.8) is 0 Å². The molecule has 19 heavy (non-hydrogen) atoms. The molecule has 0 aliphatic heterocycles. The van der Waals surface area contributed by atoms with E-state index in [1.54, 1.807) is 12.1 Å². The van der Waals surface area contributed by atoms with Crippen LogP contribution < -0.4 is 16.6 Å². The van der Waals surface area contributed by atoms with Gasteiger partial charge in [0.05, 0.1) is 6.04 Å². The van der Waals surface area contributed by atoms with Crippen LogP contribution in [0.5, 0.6) is 0 Å². The maximum Gasteiger partial charge on any atom is 0.239 e. The van der Waals surface area contributed by atoms with Crippen LogP contribution in [0.4, 0.5) is 16.2 Å². The summed E-state index contributed by atoms with van der Waals surface area (Å²) < 4.78 is 13.2. The zero-order valence-electron chi connectivity index (χ0n) is 10.8. The predicted molar refractivity (Wildman–Crippen MR) is 73.0 cm³/mol. The van der Waals surface area contributed by atoms with Gasteiger partial charge in [-0.15, -0.1) is 0 Å². The molecule has 0 saturated heterocycles. The molecular formula is C13H16FN5. The highest BCUT2D eigenvalue weighted by molar-refractivity contribution is 5.43. The van der Waals surface area contributed by atoms with E-state index in [9.17, 15) is 4.39 Å². The molecule has 1 unspecified atom stereocenters. The Morgan fingerprint density at radius 2 is 2.05 bits per heavy atom. The predicted octanol–water partition coefficient (Wildman–Crippen LogP) is 2.38. The van der Waals surface area contributed by atoms with Crippen LogP contribution >= 0.6 is 0 Å². The number of nitrogens with one attached hydrogen (secondary N) is 2. The summed E-state index contributed by atoms with van der Waals surface area (Å²) >= 11 is 0. The van der Waals surface area contributed by atoms with Gasteiger partial charge in [-0.05, 0) is 31.5 Å². The number of nitrogen functional groups attached to an aromatic ring is 1. The van der Waals surface area contributed by atoms with Crippen molar-refractivity contribution in [3.05, 3.63) is 47.4 Å². The average molecular weight is 261 g/mol. The summed E-state index contributed by atoms with van der Waals surface area (Å²) in [6, 6.07) is 8.18. The quantitative estimate of drug-likeness (QED) is 0.582. The Balaban J connectivity index is 2.18. The average Bonchev–Trinajstić information content (AvgIpc) is 2.38. The van der Waals surface area contributed by atoms with Gasteiger partial charge in [0.15, 0.2) is 0 Å². The lowest BCUT2D eigenvalue weighted by atomic mass is 10.1. The first-order valence-electron chi connectivity index (χ1n) is 5.93. The number of anilines is 2. The van der Waals surface area contributed by atoms with Crippen LogP contribution in [0.1, 0.15) is 24.2 Å².